The van der Waals surface area contributed by atoms with E-state index in [1.165, 1.54) is 23.5 Å². The van der Waals surface area contributed by atoms with Crippen LogP contribution in [-0.4, -0.2) is 5.97 Å². The van der Waals surface area contributed by atoms with Crippen LogP contribution in [0.2, 0.25) is 0 Å². The Morgan fingerprint density at radius 2 is 2.14 bits per heavy atom. The van der Waals surface area contributed by atoms with Crippen LogP contribution in [0, 0.1) is 6.92 Å². The van der Waals surface area contributed by atoms with Crippen molar-refractivity contribution < 1.29 is 13.9 Å². The molecule has 0 aliphatic heterocycles. The molecule has 2 aromatic heterocycles. The number of hydrogen-bond acceptors (Lipinski definition) is 5. The van der Waals surface area contributed by atoms with Crippen molar-refractivity contribution in [1.82, 2.24) is 0 Å². The van der Waals surface area contributed by atoms with Crippen LogP contribution in [0.5, 0.6) is 5.75 Å². The molecule has 5 heteroatoms. The molecule has 0 saturated heterocycles. The van der Waals surface area contributed by atoms with E-state index in [2.05, 4.69) is 0 Å². The summed E-state index contributed by atoms with van der Waals surface area (Å²) in [5, 5.41) is 2.74. The van der Waals surface area contributed by atoms with Gasteiger partial charge in [-0.25, -0.2) is 9.59 Å². The van der Waals surface area contributed by atoms with E-state index in [-0.39, 0.29) is 0 Å². The third-order valence-electron chi connectivity index (χ3n) is 3.07. The summed E-state index contributed by atoms with van der Waals surface area (Å²) in [6.45, 7) is 1.83. The third-order valence-corrected chi connectivity index (χ3v) is 3.91. The third kappa shape index (κ3) is 3.15. The lowest BCUT2D eigenvalue weighted by Gasteiger charge is -2.04. The maximum Gasteiger partial charge on any atom is 0.336 e. The van der Waals surface area contributed by atoms with Gasteiger partial charge in [0.05, 0.1) is 0 Å². The molecule has 0 bridgehead atoms. The van der Waals surface area contributed by atoms with Gasteiger partial charge in [0.2, 0.25) is 0 Å². The van der Waals surface area contributed by atoms with Crippen LogP contribution in [0.15, 0.2) is 57.1 Å². The van der Waals surface area contributed by atoms with Gasteiger partial charge in [0.1, 0.15) is 11.3 Å². The molecule has 22 heavy (non-hydrogen) atoms. The number of esters is 1. The average Bonchev–Trinajstić information content (AvgIpc) is 2.98. The van der Waals surface area contributed by atoms with Gasteiger partial charge in [0.25, 0.3) is 0 Å². The van der Waals surface area contributed by atoms with Crippen LogP contribution >= 0.6 is 11.3 Å². The Labute approximate surface area is 130 Å². The van der Waals surface area contributed by atoms with Gasteiger partial charge in [-0.2, -0.15) is 0 Å². The minimum Gasteiger partial charge on any atom is -0.423 e. The summed E-state index contributed by atoms with van der Waals surface area (Å²) >= 11 is 1.53. The smallest absolute Gasteiger partial charge is 0.336 e. The molecule has 0 saturated carbocycles. The number of rotatable bonds is 3. The molecule has 0 aliphatic carbocycles. The molecule has 0 radical (unpaired) electrons. The second-order valence-electron chi connectivity index (χ2n) is 4.68. The van der Waals surface area contributed by atoms with Crippen molar-refractivity contribution in [3.8, 4) is 5.75 Å². The van der Waals surface area contributed by atoms with Gasteiger partial charge in [-0.05, 0) is 42.1 Å². The largest absolute Gasteiger partial charge is 0.423 e. The van der Waals surface area contributed by atoms with Crippen molar-refractivity contribution in [2.45, 2.75) is 6.92 Å². The zero-order chi connectivity index (χ0) is 15.5. The van der Waals surface area contributed by atoms with Crippen molar-refractivity contribution in [3.05, 3.63) is 68.7 Å². The summed E-state index contributed by atoms with van der Waals surface area (Å²) in [4.78, 5) is 24.1. The number of ether oxygens (including phenoxy) is 1. The second kappa shape index (κ2) is 5.99. The van der Waals surface area contributed by atoms with Crippen LogP contribution in [0.4, 0.5) is 0 Å². The predicted octanol–water partition coefficient (Wildman–Crippen LogP) is 3.78. The van der Waals surface area contributed by atoms with E-state index in [4.69, 9.17) is 9.15 Å². The second-order valence-corrected chi connectivity index (χ2v) is 5.66. The Morgan fingerprint density at radius 3 is 2.91 bits per heavy atom. The first kappa shape index (κ1) is 14.3. The Hall–Kier alpha value is -2.66. The maximum absolute atomic E-state index is 11.8. The molecule has 0 amide bonds. The molecule has 0 N–H and O–H groups in total. The first-order valence-electron chi connectivity index (χ1n) is 6.60. The highest BCUT2D eigenvalue weighted by molar-refractivity contribution is 7.10. The molecule has 3 aromatic rings. The molecule has 0 aliphatic rings. The summed E-state index contributed by atoms with van der Waals surface area (Å²) in [6.07, 6.45) is 3.06. The van der Waals surface area contributed by atoms with E-state index in [0.717, 1.165) is 15.8 Å². The molecule has 0 atom stereocenters. The molecule has 2 heterocycles. The lowest BCUT2D eigenvalue weighted by Crippen LogP contribution is -2.04. The average molecular weight is 312 g/mol. The number of carbonyl (C=O) groups excluding carboxylic acids is 1. The van der Waals surface area contributed by atoms with E-state index < -0.39 is 11.6 Å². The number of aryl methyl sites for hydroxylation is 1. The number of benzene rings is 1. The number of thiophene rings is 1. The lowest BCUT2D eigenvalue weighted by atomic mass is 10.1. The molecule has 0 unspecified atom stereocenters. The van der Waals surface area contributed by atoms with Crippen molar-refractivity contribution in [1.29, 1.82) is 0 Å². The number of fused-ring (bicyclic) bond motifs is 1. The quantitative estimate of drug-likeness (QED) is 0.320. The predicted molar refractivity (Wildman–Crippen MR) is 86.2 cm³/mol. The highest BCUT2D eigenvalue weighted by Gasteiger charge is 2.06. The van der Waals surface area contributed by atoms with Crippen LogP contribution in [-0.2, 0) is 4.79 Å². The Morgan fingerprint density at radius 1 is 1.27 bits per heavy atom. The van der Waals surface area contributed by atoms with Gasteiger partial charge in [-0.1, -0.05) is 6.07 Å². The Kier molecular flexibility index (Phi) is 3.89. The summed E-state index contributed by atoms with van der Waals surface area (Å²) in [7, 11) is 0. The molecule has 1 aromatic carbocycles. The molecule has 3 rings (SSSR count). The number of hydrogen-bond donors (Lipinski definition) is 0. The standard InChI is InChI=1S/C17H12O4S/c1-11-9-17(19)21-15-10-12(4-6-14(11)15)20-16(18)7-5-13-3-2-8-22-13/h2-10H,1H3/b7-5+. The SMILES string of the molecule is Cc1cc(=O)oc2cc(OC(=O)/C=C/c3cccs3)ccc12. The Bertz CT molecular complexity index is 904. The molecule has 110 valence electrons. The summed E-state index contributed by atoms with van der Waals surface area (Å²) in [6, 6.07) is 10.2. The summed E-state index contributed by atoms with van der Waals surface area (Å²) in [5.74, 6) is -0.148. The monoisotopic (exact) mass is 312 g/mol. The fourth-order valence-corrected chi connectivity index (χ4v) is 2.67. The first-order chi connectivity index (χ1) is 10.6. The van der Waals surface area contributed by atoms with Gasteiger partial charge < -0.3 is 9.15 Å². The Balaban J connectivity index is 1.82. The highest BCUT2D eigenvalue weighted by Crippen LogP contribution is 2.22. The fourth-order valence-electron chi connectivity index (χ4n) is 2.06. The zero-order valence-electron chi connectivity index (χ0n) is 11.7. The van der Waals surface area contributed by atoms with Crippen molar-refractivity contribution >= 4 is 34.4 Å². The van der Waals surface area contributed by atoms with Crippen LogP contribution in [0.25, 0.3) is 17.0 Å². The van der Waals surface area contributed by atoms with Gasteiger partial charge in [0, 0.05) is 28.5 Å². The van der Waals surface area contributed by atoms with Gasteiger partial charge in [-0.15, -0.1) is 11.3 Å². The van der Waals surface area contributed by atoms with Gasteiger partial charge >= 0.3 is 11.6 Å². The normalized spacial score (nSPS) is 11.1. The molecule has 4 nitrogen and oxygen atoms in total. The van der Waals surface area contributed by atoms with E-state index >= 15 is 0 Å². The molecule has 0 fully saturated rings. The number of carbonyl (C=O) groups is 1. The van der Waals surface area contributed by atoms with Gasteiger partial charge in [0.15, 0.2) is 0 Å². The highest BCUT2D eigenvalue weighted by atomic mass is 32.1. The lowest BCUT2D eigenvalue weighted by molar-refractivity contribution is -0.128. The zero-order valence-corrected chi connectivity index (χ0v) is 12.6. The van der Waals surface area contributed by atoms with Crippen LogP contribution in [0.1, 0.15) is 10.4 Å². The summed E-state index contributed by atoms with van der Waals surface area (Å²) < 4.78 is 10.3. The van der Waals surface area contributed by atoms with E-state index in [1.54, 1.807) is 24.3 Å². The van der Waals surface area contributed by atoms with E-state index in [9.17, 15) is 9.59 Å². The van der Waals surface area contributed by atoms with Crippen molar-refractivity contribution in [3.63, 3.8) is 0 Å². The first-order valence-corrected chi connectivity index (χ1v) is 7.48. The van der Waals surface area contributed by atoms with Crippen molar-refractivity contribution in [2.24, 2.45) is 0 Å². The molecular weight excluding hydrogens is 300 g/mol. The minimum absolute atomic E-state index is 0.335. The van der Waals surface area contributed by atoms with Gasteiger partial charge in [-0.3, -0.25) is 0 Å². The van der Waals surface area contributed by atoms with Crippen molar-refractivity contribution in [2.75, 3.05) is 0 Å². The van der Waals surface area contributed by atoms with Crippen LogP contribution < -0.4 is 10.4 Å². The summed E-state index contributed by atoms with van der Waals surface area (Å²) in [5.41, 5.74) is 0.797. The van der Waals surface area contributed by atoms with Crippen LogP contribution in [0.3, 0.4) is 0 Å². The topological polar surface area (TPSA) is 56.5 Å². The van der Waals surface area contributed by atoms with E-state index in [0.29, 0.717) is 11.3 Å². The maximum atomic E-state index is 11.8. The fraction of sp³-hybridized carbons (Fsp3) is 0.0588. The van der Waals surface area contributed by atoms with E-state index in [1.807, 2.05) is 24.4 Å². The molecule has 0 spiro atoms. The minimum atomic E-state index is -0.484. The molecular formula is C17H12O4S.